The lowest BCUT2D eigenvalue weighted by Crippen LogP contribution is -2.61. The molecule has 2 aromatic carbocycles. The van der Waals surface area contributed by atoms with Gasteiger partial charge in [0, 0.05) is 0 Å². The number of esters is 2. The van der Waals surface area contributed by atoms with Crippen LogP contribution in [0.5, 0.6) is 0 Å². The second-order valence-electron chi connectivity index (χ2n) is 12.7. The molecule has 0 bridgehead atoms. The van der Waals surface area contributed by atoms with Crippen molar-refractivity contribution in [2.24, 2.45) is 0 Å². The first kappa shape index (κ1) is 35.4. The fraction of sp³-hybridized carbons (Fsp3) is 0.533. The van der Waals surface area contributed by atoms with Gasteiger partial charge in [0.2, 0.25) is 20.0 Å². The van der Waals surface area contributed by atoms with E-state index in [1.54, 1.807) is 93.5 Å². The topological polar surface area (TPSA) is 145 Å². The van der Waals surface area contributed by atoms with E-state index in [0.29, 0.717) is 22.3 Å². The minimum atomic E-state index is -4.50. The van der Waals surface area contributed by atoms with Crippen LogP contribution < -0.4 is 9.44 Å². The molecule has 0 spiro atoms. The molecule has 0 heterocycles. The number of aryl methyl sites for hydroxylation is 6. The van der Waals surface area contributed by atoms with Crippen LogP contribution in [0.3, 0.4) is 0 Å². The van der Waals surface area contributed by atoms with Gasteiger partial charge in [-0.3, -0.25) is 9.59 Å². The highest BCUT2D eigenvalue weighted by Gasteiger charge is 2.44. The Morgan fingerprint density at radius 1 is 0.571 bits per heavy atom. The number of sulfonamides is 2. The van der Waals surface area contributed by atoms with Gasteiger partial charge in [-0.2, -0.15) is 9.44 Å². The number of ether oxygens (including phenoxy) is 2. The van der Waals surface area contributed by atoms with E-state index < -0.39 is 55.3 Å². The Morgan fingerprint density at radius 2 is 0.810 bits per heavy atom. The van der Waals surface area contributed by atoms with Gasteiger partial charge in [0.1, 0.15) is 23.3 Å². The number of rotatable bonds is 9. The molecule has 12 heteroatoms. The first-order valence-corrected chi connectivity index (χ1v) is 16.5. The summed E-state index contributed by atoms with van der Waals surface area (Å²) in [5.74, 6) is -2.33. The van der Waals surface area contributed by atoms with Crippen LogP contribution in [0.15, 0.2) is 34.1 Å². The summed E-state index contributed by atoms with van der Waals surface area (Å²) in [6.45, 7) is 19.4. The highest BCUT2D eigenvalue weighted by molar-refractivity contribution is 7.90. The molecule has 2 N–H and O–H groups in total. The van der Waals surface area contributed by atoms with Gasteiger partial charge in [0.15, 0.2) is 0 Å². The standard InChI is InChI=1S/C30H44N2O8S2/c1-17-13-19(3)25(20(4)14-17)41(35,36)31-23(27(33)39-29(7,8)9)24(28(34)40-30(10,11)12)32-42(37,38)26-21(5)15-18(2)16-22(26)6/h13-16,23-24,31-32H,1-12H3/t23-,24+. The fourth-order valence-electron chi connectivity index (χ4n) is 4.87. The molecule has 0 saturated carbocycles. The summed E-state index contributed by atoms with van der Waals surface area (Å²) < 4.78 is 70.8. The molecule has 0 saturated heterocycles. The molecule has 234 valence electrons. The van der Waals surface area contributed by atoms with Gasteiger partial charge in [0.25, 0.3) is 0 Å². The van der Waals surface area contributed by atoms with Crippen LogP contribution in [0.1, 0.15) is 74.9 Å². The van der Waals surface area contributed by atoms with Gasteiger partial charge in [-0.15, -0.1) is 0 Å². The first-order valence-electron chi connectivity index (χ1n) is 13.5. The van der Waals surface area contributed by atoms with Crippen LogP contribution in [0.25, 0.3) is 0 Å². The van der Waals surface area contributed by atoms with Crippen molar-refractivity contribution in [1.29, 1.82) is 0 Å². The second kappa shape index (κ2) is 12.4. The summed E-state index contributed by atoms with van der Waals surface area (Å²) in [4.78, 5) is 27.0. The van der Waals surface area contributed by atoms with E-state index >= 15 is 0 Å². The third-order valence-corrected chi connectivity index (χ3v) is 9.46. The van der Waals surface area contributed by atoms with Crippen molar-refractivity contribution < 1.29 is 35.9 Å². The van der Waals surface area contributed by atoms with Crippen LogP contribution in [0.4, 0.5) is 0 Å². The lowest BCUT2D eigenvalue weighted by molar-refractivity contribution is -0.166. The number of hydrogen-bond donors (Lipinski definition) is 2. The van der Waals surface area contributed by atoms with Gasteiger partial charge in [0.05, 0.1) is 9.79 Å². The van der Waals surface area contributed by atoms with E-state index in [1.807, 2.05) is 13.8 Å². The SMILES string of the molecule is Cc1cc(C)c(S(=O)(=O)N[C@H](C(=O)OC(C)(C)C)[C@@H](NS(=O)(=O)c2c(C)cc(C)cc2C)C(=O)OC(C)(C)C)c(C)c1. The maximum Gasteiger partial charge on any atom is 0.326 e. The van der Waals surface area contributed by atoms with E-state index in [9.17, 15) is 26.4 Å². The fourth-order valence-corrected chi connectivity index (χ4v) is 8.17. The van der Waals surface area contributed by atoms with Crippen molar-refractivity contribution >= 4 is 32.0 Å². The van der Waals surface area contributed by atoms with E-state index in [1.165, 1.54) is 0 Å². The summed E-state index contributed by atoms with van der Waals surface area (Å²) in [5, 5.41) is 0. The summed E-state index contributed by atoms with van der Waals surface area (Å²) in [5.41, 5.74) is 1.08. The molecule has 2 aromatic rings. The van der Waals surface area contributed by atoms with Crippen LogP contribution in [-0.4, -0.2) is 52.1 Å². The van der Waals surface area contributed by atoms with Crippen molar-refractivity contribution in [3.63, 3.8) is 0 Å². The molecule has 0 aliphatic carbocycles. The minimum absolute atomic E-state index is 0.0994. The Balaban J connectivity index is 2.80. The molecule has 0 amide bonds. The van der Waals surface area contributed by atoms with Gasteiger partial charge in [-0.1, -0.05) is 35.4 Å². The number of benzene rings is 2. The highest BCUT2D eigenvalue weighted by Crippen LogP contribution is 2.26. The Labute approximate surface area is 250 Å². The third kappa shape index (κ3) is 9.10. The monoisotopic (exact) mass is 624 g/mol. The average Bonchev–Trinajstić information content (AvgIpc) is 2.71. The first-order chi connectivity index (χ1) is 18.8. The summed E-state index contributed by atoms with van der Waals surface area (Å²) >= 11 is 0. The van der Waals surface area contributed by atoms with Crippen LogP contribution in [-0.2, 0) is 39.1 Å². The van der Waals surface area contributed by atoms with Crippen molar-refractivity contribution in [2.45, 2.75) is 116 Å². The highest BCUT2D eigenvalue weighted by atomic mass is 32.2. The number of nitrogens with one attached hydrogen (secondary N) is 2. The van der Waals surface area contributed by atoms with Crippen LogP contribution in [0.2, 0.25) is 0 Å². The molecule has 0 aliphatic heterocycles. The van der Waals surface area contributed by atoms with Crippen molar-refractivity contribution in [1.82, 2.24) is 9.44 Å². The predicted octanol–water partition coefficient (Wildman–Crippen LogP) is 4.21. The minimum Gasteiger partial charge on any atom is -0.459 e. The largest absolute Gasteiger partial charge is 0.459 e. The molecule has 0 aliphatic rings. The van der Waals surface area contributed by atoms with Crippen LogP contribution >= 0.6 is 0 Å². The van der Waals surface area contributed by atoms with E-state index in [-0.39, 0.29) is 9.79 Å². The number of carbonyl (C=O) groups excluding carboxylic acids is 2. The van der Waals surface area contributed by atoms with E-state index in [2.05, 4.69) is 9.44 Å². The number of carbonyl (C=O) groups is 2. The summed E-state index contributed by atoms with van der Waals surface area (Å²) in [6.07, 6.45) is 0. The summed E-state index contributed by atoms with van der Waals surface area (Å²) in [6, 6.07) is 2.62. The van der Waals surface area contributed by atoms with E-state index in [0.717, 1.165) is 11.1 Å². The van der Waals surface area contributed by atoms with Gasteiger partial charge < -0.3 is 9.47 Å². The molecule has 2 atom stereocenters. The lowest BCUT2D eigenvalue weighted by atomic mass is 10.1. The zero-order valence-electron chi connectivity index (χ0n) is 26.5. The Bertz CT molecular complexity index is 1420. The summed E-state index contributed by atoms with van der Waals surface area (Å²) in [7, 11) is -8.99. The molecular formula is C30H44N2O8S2. The Morgan fingerprint density at radius 3 is 1.02 bits per heavy atom. The van der Waals surface area contributed by atoms with Gasteiger partial charge >= 0.3 is 11.9 Å². The molecule has 42 heavy (non-hydrogen) atoms. The molecule has 0 fully saturated rings. The lowest BCUT2D eigenvalue weighted by Gasteiger charge is -2.31. The zero-order chi connectivity index (χ0) is 32.6. The smallest absolute Gasteiger partial charge is 0.326 e. The molecule has 0 aromatic heterocycles. The normalized spacial score (nSPS) is 14.3. The quantitative estimate of drug-likeness (QED) is 0.395. The average molecular weight is 625 g/mol. The molecule has 10 nitrogen and oxygen atoms in total. The molecular weight excluding hydrogens is 580 g/mol. The van der Waals surface area contributed by atoms with E-state index in [4.69, 9.17) is 9.47 Å². The molecule has 0 radical (unpaired) electrons. The maximum atomic E-state index is 13.8. The molecule has 0 unspecified atom stereocenters. The van der Waals surface area contributed by atoms with Crippen molar-refractivity contribution in [3.05, 3.63) is 57.6 Å². The Hall–Kier alpha value is -2.80. The van der Waals surface area contributed by atoms with Crippen molar-refractivity contribution in [3.8, 4) is 0 Å². The van der Waals surface area contributed by atoms with Gasteiger partial charge in [-0.05, 0) is 105 Å². The predicted molar refractivity (Wildman–Crippen MR) is 161 cm³/mol. The Kier molecular flexibility index (Phi) is 10.5. The van der Waals surface area contributed by atoms with Crippen LogP contribution in [0, 0.1) is 41.5 Å². The molecule has 2 rings (SSSR count). The van der Waals surface area contributed by atoms with Crippen molar-refractivity contribution in [2.75, 3.05) is 0 Å². The second-order valence-corrected chi connectivity index (χ2v) is 16.0. The number of hydrogen-bond acceptors (Lipinski definition) is 8. The maximum absolute atomic E-state index is 13.8. The van der Waals surface area contributed by atoms with Gasteiger partial charge in [-0.25, -0.2) is 16.8 Å². The third-order valence-electron chi connectivity index (χ3n) is 5.97. The zero-order valence-corrected chi connectivity index (χ0v) is 28.2.